The molecule has 0 aliphatic heterocycles. The minimum atomic E-state index is -3.73. The third-order valence-corrected chi connectivity index (χ3v) is 7.92. The first-order valence-electron chi connectivity index (χ1n) is 8.54. The van der Waals surface area contributed by atoms with Gasteiger partial charge in [0, 0.05) is 20.1 Å². The molecule has 0 atom stereocenters. The minimum Gasteiger partial charge on any atom is -0.287 e. The van der Waals surface area contributed by atoms with E-state index in [-0.39, 0.29) is 21.5 Å². The smallest absolute Gasteiger partial charge is 0.261 e. The second-order valence-electron chi connectivity index (χ2n) is 6.58. The SMILES string of the molecule is CC(C)N(C)S(=O)(=O)c1ccc(Cl)c(C(=O)N(C)c2nc3ccccc3s2)c1. The van der Waals surface area contributed by atoms with E-state index >= 15 is 0 Å². The second-order valence-corrected chi connectivity index (χ2v) is 10.00. The van der Waals surface area contributed by atoms with Gasteiger partial charge in [-0.25, -0.2) is 13.4 Å². The van der Waals surface area contributed by atoms with Gasteiger partial charge in [-0.3, -0.25) is 9.69 Å². The van der Waals surface area contributed by atoms with E-state index in [9.17, 15) is 13.2 Å². The van der Waals surface area contributed by atoms with Gasteiger partial charge < -0.3 is 0 Å². The van der Waals surface area contributed by atoms with Gasteiger partial charge in [-0.05, 0) is 44.2 Å². The Bertz CT molecular complexity index is 1110. The summed E-state index contributed by atoms with van der Waals surface area (Å²) in [6.07, 6.45) is 0. The summed E-state index contributed by atoms with van der Waals surface area (Å²) in [4.78, 5) is 18.9. The Morgan fingerprint density at radius 3 is 2.46 bits per heavy atom. The topological polar surface area (TPSA) is 70.6 Å². The summed E-state index contributed by atoms with van der Waals surface area (Å²) in [5.41, 5.74) is 0.907. The summed E-state index contributed by atoms with van der Waals surface area (Å²) in [6.45, 7) is 3.56. The highest BCUT2D eigenvalue weighted by Crippen LogP contribution is 2.30. The van der Waals surface area contributed by atoms with E-state index in [4.69, 9.17) is 11.6 Å². The lowest BCUT2D eigenvalue weighted by molar-refractivity contribution is 0.0993. The Balaban J connectivity index is 1.99. The molecule has 148 valence electrons. The van der Waals surface area contributed by atoms with Crippen LogP contribution in [0.5, 0.6) is 0 Å². The summed E-state index contributed by atoms with van der Waals surface area (Å²) in [5.74, 6) is -0.423. The molecule has 3 rings (SSSR count). The molecule has 1 amide bonds. The number of aromatic nitrogens is 1. The van der Waals surface area contributed by atoms with E-state index in [1.165, 1.54) is 45.8 Å². The molecule has 9 heteroatoms. The standard InChI is InChI=1S/C19H20ClN3O3S2/c1-12(2)23(4)28(25,26)13-9-10-15(20)14(11-13)18(24)22(3)19-21-16-7-5-6-8-17(16)27-19/h5-12H,1-4H3. The number of anilines is 1. The number of hydrogen-bond acceptors (Lipinski definition) is 5. The fourth-order valence-corrected chi connectivity index (χ4v) is 5.06. The predicted octanol–water partition coefficient (Wildman–Crippen LogP) is 4.26. The zero-order valence-electron chi connectivity index (χ0n) is 15.9. The quantitative estimate of drug-likeness (QED) is 0.598. The van der Waals surface area contributed by atoms with Crippen molar-refractivity contribution in [3.8, 4) is 0 Å². The average molecular weight is 438 g/mol. The normalized spacial score (nSPS) is 12.1. The molecule has 0 bridgehead atoms. The molecule has 3 aromatic rings. The van der Waals surface area contributed by atoms with Crippen LogP contribution in [-0.2, 0) is 10.0 Å². The minimum absolute atomic E-state index is 0.0224. The van der Waals surface area contributed by atoms with Crippen LogP contribution in [0.15, 0.2) is 47.4 Å². The summed E-state index contributed by atoms with van der Waals surface area (Å²) < 4.78 is 27.7. The van der Waals surface area contributed by atoms with Crippen LogP contribution in [0, 0.1) is 0 Å². The van der Waals surface area contributed by atoms with Crippen LogP contribution in [0.25, 0.3) is 10.2 Å². The van der Waals surface area contributed by atoms with Crippen molar-refractivity contribution in [2.24, 2.45) is 0 Å². The number of nitrogens with zero attached hydrogens (tertiary/aromatic N) is 3. The van der Waals surface area contributed by atoms with Gasteiger partial charge in [-0.15, -0.1) is 0 Å². The van der Waals surface area contributed by atoms with Crippen LogP contribution in [0.1, 0.15) is 24.2 Å². The van der Waals surface area contributed by atoms with Crippen molar-refractivity contribution in [2.75, 3.05) is 19.0 Å². The van der Waals surface area contributed by atoms with Crippen LogP contribution >= 0.6 is 22.9 Å². The molecule has 0 N–H and O–H groups in total. The lowest BCUT2D eigenvalue weighted by Crippen LogP contribution is -2.33. The van der Waals surface area contributed by atoms with Crippen molar-refractivity contribution in [3.05, 3.63) is 53.1 Å². The van der Waals surface area contributed by atoms with Crippen LogP contribution in [0.3, 0.4) is 0 Å². The van der Waals surface area contributed by atoms with Crippen molar-refractivity contribution in [1.29, 1.82) is 0 Å². The Hall–Kier alpha value is -2.00. The van der Waals surface area contributed by atoms with Crippen molar-refractivity contribution < 1.29 is 13.2 Å². The third-order valence-electron chi connectivity index (χ3n) is 4.45. The molecule has 0 fully saturated rings. The van der Waals surface area contributed by atoms with Gasteiger partial charge in [0.05, 0.1) is 25.7 Å². The van der Waals surface area contributed by atoms with Gasteiger partial charge in [-0.2, -0.15) is 4.31 Å². The number of para-hydroxylation sites is 1. The Morgan fingerprint density at radius 1 is 1.14 bits per heavy atom. The van der Waals surface area contributed by atoms with E-state index in [0.29, 0.717) is 5.13 Å². The average Bonchev–Trinajstić information content (AvgIpc) is 3.10. The van der Waals surface area contributed by atoms with E-state index in [1.807, 2.05) is 24.3 Å². The molecule has 6 nitrogen and oxygen atoms in total. The first kappa shape index (κ1) is 20.7. The number of fused-ring (bicyclic) bond motifs is 1. The molecule has 1 heterocycles. The first-order chi connectivity index (χ1) is 13.1. The number of thiazole rings is 1. The monoisotopic (exact) mass is 437 g/mol. The number of benzene rings is 2. The van der Waals surface area contributed by atoms with Crippen molar-refractivity contribution >= 4 is 54.2 Å². The molecule has 0 radical (unpaired) electrons. The number of amides is 1. The highest BCUT2D eigenvalue weighted by atomic mass is 35.5. The largest absolute Gasteiger partial charge is 0.287 e. The molecule has 0 aliphatic carbocycles. The number of rotatable bonds is 5. The van der Waals surface area contributed by atoms with Crippen molar-refractivity contribution in [1.82, 2.24) is 9.29 Å². The van der Waals surface area contributed by atoms with Crippen LogP contribution in [0.2, 0.25) is 5.02 Å². The van der Waals surface area contributed by atoms with Gasteiger partial charge in [0.1, 0.15) is 0 Å². The highest BCUT2D eigenvalue weighted by Gasteiger charge is 2.26. The van der Waals surface area contributed by atoms with Crippen molar-refractivity contribution in [2.45, 2.75) is 24.8 Å². The zero-order valence-corrected chi connectivity index (χ0v) is 18.3. The first-order valence-corrected chi connectivity index (χ1v) is 11.2. The molecular formula is C19H20ClN3O3S2. The van der Waals surface area contributed by atoms with Crippen molar-refractivity contribution in [3.63, 3.8) is 0 Å². The molecule has 0 saturated carbocycles. The van der Waals surface area contributed by atoms with Crippen LogP contribution in [0.4, 0.5) is 5.13 Å². The maximum absolute atomic E-state index is 13.0. The molecule has 0 saturated heterocycles. The molecule has 0 spiro atoms. The fourth-order valence-electron chi connectivity index (χ4n) is 2.54. The molecule has 0 aliphatic rings. The van der Waals surface area contributed by atoms with Crippen LogP contribution < -0.4 is 4.90 Å². The van der Waals surface area contributed by atoms with E-state index < -0.39 is 15.9 Å². The zero-order chi connectivity index (χ0) is 20.6. The Labute approximate surface area is 173 Å². The van der Waals surface area contributed by atoms with Gasteiger partial charge >= 0.3 is 0 Å². The molecule has 1 aromatic heterocycles. The van der Waals surface area contributed by atoms with Gasteiger partial charge in [0.2, 0.25) is 10.0 Å². The van der Waals surface area contributed by atoms with E-state index in [0.717, 1.165) is 10.2 Å². The van der Waals surface area contributed by atoms with E-state index in [1.54, 1.807) is 20.9 Å². The fraction of sp³-hybridized carbons (Fsp3) is 0.263. The summed E-state index contributed by atoms with van der Waals surface area (Å²) in [7, 11) is -0.633. The second kappa shape index (κ2) is 7.79. The number of sulfonamides is 1. The maximum Gasteiger partial charge on any atom is 0.261 e. The molecule has 0 unspecified atom stereocenters. The number of halogens is 1. The lowest BCUT2D eigenvalue weighted by atomic mass is 10.2. The van der Waals surface area contributed by atoms with E-state index in [2.05, 4.69) is 4.98 Å². The number of hydrogen-bond donors (Lipinski definition) is 0. The number of carbonyl (C=O) groups is 1. The molecular weight excluding hydrogens is 418 g/mol. The highest BCUT2D eigenvalue weighted by molar-refractivity contribution is 7.89. The summed E-state index contributed by atoms with van der Waals surface area (Å²) >= 11 is 7.60. The Kier molecular flexibility index (Phi) is 5.77. The maximum atomic E-state index is 13.0. The third kappa shape index (κ3) is 3.77. The lowest BCUT2D eigenvalue weighted by Gasteiger charge is -2.22. The summed E-state index contributed by atoms with van der Waals surface area (Å²) in [5, 5.41) is 0.693. The van der Waals surface area contributed by atoms with Gasteiger partial charge in [-0.1, -0.05) is 35.1 Å². The summed E-state index contributed by atoms with van der Waals surface area (Å²) in [6, 6.07) is 11.5. The van der Waals surface area contributed by atoms with Gasteiger partial charge in [0.25, 0.3) is 5.91 Å². The Morgan fingerprint density at radius 2 is 1.82 bits per heavy atom. The van der Waals surface area contributed by atoms with Crippen LogP contribution in [-0.4, -0.2) is 43.8 Å². The number of carbonyl (C=O) groups excluding carboxylic acids is 1. The molecule has 2 aromatic carbocycles. The predicted molar refractivity (Wildman–Crippen MR) is 114 cm³/mol. The molecule has 28 heavy (non-hydrogen) atoms. The van der Waals surface area contributed by atoms with Gasteiger partial charge in [0.15, 0.2) is 5.13 Å².